The van der Waals surface area contributed by atoms with Gasteiger partial charge in [-0.3, -0.25) is 9.20 Å². The number of nitrogens with one attached hydrogen (secondary N) is 2. The lowest BCUT2D eigenvalue weighted by Gasteiger charge is -2.28. The Hall–Kier alpha value is -3.59. The molecule has 4 aromatic rings. The molecule has 1 fully saturated rings. The van der Waals surface area contributed by atoms with E-state index in [1.807, 2.05) is 53.1 Å². The van der Waals surface area contributed by atoms with Crippen molar-refractivity contribution in [2.45, 2.75) is 0 Å². The molecule has 158 valence electrons. The summed E-state index contributed by atoms with van der Waals surface area (Å²) in [5, 5.41) is 3.40. The third-order valence-electron chi connectivity index (χ3n) is 5.48. The number of sulfone groups is 1. The van der Waals surface area contributed by atoms with Crippen LogP contribution in [-0.2, 0) is 9.84 Å². The minimum absolute atomic E-state index is 0.153. The Bertz CT molecular complexity index is 1390. The molecule has 1 aromatic carbocycles. The third-order valence-corrected chi connectivity index (χ3v) is 7.08. The Labute approximate surface area is 179 Å². The van der Waals surface area contributed by atoms with Gasteiger partial charge in [0.2, 0.25) is 5.56 Å². The highest BCUT2D eigenvalue weighted by Crippen LogP contribution is 2.28. The van der Waals surface area contributed by atoms with Gasteiger partial charge in [0, 0.05) is 54.7 Å². The lowest BCUT2D eigenvalue weighted by molar-refractivity contribution is 0.587. The molecular formula is C22H21N5O3S. The van der Waals surface area contributed by atoms with Crippen LogP contribution in [0.1, 0.15) is 0 Å². The van der Waals surface area contributed by atoms with Crippen molar-refractivity contribution < 1.29 is 8.42 Å². The number of rotatable bonds is 4. The number of aromatic amines is 1. The summed E-state index contributed by atoms with van der Waals surface area (Å²) in [7, 11) is -2.90. The molecule has 2 N–H and O–H groups in total. The molecule has 4 heterocycles. The number of aromatic nitrogens is 3. The summed E-state index contributed by atoms with van der Waals surface area (Å²) < 4.78 is 25.2. The number of imidazole rings is 1. The number of benzene rings is 1. The van der Waals surface area contributed by atoms with Crippen molar-refractivity contribution in [2.24, 2.45) is 0 Å². The fourth-order valence-electron chi connectivity index (χ4n) is 3.83. The van der Waals surface area contributed by atoms with Crippen molar-refractivity contribution in [3.8, 4) is 11.3 Å². The average molecular weight is 436 g/mol. The first kappa shape index (κ1) is 19.4. The maximum absolute atomic E-state index is 11.7. The van der Waals surface area contributed by atoms with E-state index in [0.717, 1.165) is 34.0 Å². The van der Waals surface area contributed by atoms with E-state index in [4.69, 9.17) is 0 Å². The first-order chi connectivity index (χ1) is 15.0. The number of H-pyrrole nitrogens is 1. The zero-order chi connectivity index (χ0) is 21.4. The second kappa shape index (κ2) is 7.59. The molecule has 0 bridgehead atoms. The fourth-order valence-corrected chi connectivity index (χ4v) is 5.03. The van der Waals surface area contributed by atoms with Gasteiger partial charge in [0.25, 0.3) is 0 Å². The molecule has 1 aliphatic rings. The first-order valence-electron chi connectivity index (χ1n) is 9.96. The van der Waals surface area contributed by atoms with Crippen LogP contribution in [0.2, 0.25) is 0 Å². The quantitative estimate of drug-likeness (QED) is 0.511. The van der Waals surface area contributed by atoms with E-state index in [1.54, 1.807) is 18.5 Å². The topological polar surface area (TPSA) is 99.6 Å². The van der Waals surface area contributed by atoms with E-state index in [0.29, 0.717) is 13.1 Å². The van der Waals surface area contributed by atoms with Gasteiger partial charge in [0.05, 0.1) is 22.9 Å². The number of pyridine rings is 2. The summed E-state index contributed by atoms with van der Waals surface area (Å²) >= 11 is 0. The Kier molecular flexibility index (Phi) is 4.74. The summed E-state index contributed by atoms with van der Waals surface area (Å²) in [5.41, 5.74) is 5.04. The standard InChI is InChI=1S/C22H21N5O3S/c28-21-15-16(7-8-23-21)20-6-5-19(22-24-9-10-27(20)22)25-17-1-3-18(4-2-17)26-11-13-31(29,30)14-12-26/h1-10,15,25H,11-14H2,(H,23,28). The lowest BCUT2D eigenvalue weighted by Crippen LogP contribution is -2.40. The molecule has 3 aromatic heterocycles. The molecule has 0 aliphatic carbocycles. The van der Waals surface area contributed by atoms with E-state index < -0.39 is 9.84 Å². The van der Waals surface area contributed by atoms with Gasteiger partial charge in [-0.15, -0.1) is 0 Å². The Balaban J connectivity index is 1.39. The summed E-state index contributed by atoms with van der Waals surface area (Å²) in [4.78, 5) is 20.9. The summed E-state index contributed by atoms with van der Waals surface area (Å²) in [6.45, 7) is 1.04. The van der Waals surface area contributed by atoms with Gasteiger partial charge in [-0.1, -0.05) is 0 Å². The number of fused-ring (bicyclic) bond motifs is 1. The Morgan fingerprint density at radius 3 is 2.52 bits per heavy atom. The summed E-state index contributed by atoms with van der Waals surface area (Å²) in [6.07, 6.45) is 5.22. The highest BCUT2D eigenvalue weighted by atomic mass is 32.2. The smallest absolute Gasteiger partial charge is 0.248 e. The summed E-state index contributed by atoms with van der Waals surface area (Å²) in [6, 6.07) is 15.3. The van der Waals surface area contributed by atoms with E-state index in [-0.39, 0.29) is 17.1 Å². The van der Waals surface area contributed by atoms with E-state index in [1.165, 1.54) is 0 Å². The average Bonchev–Trinajstić information content (AvgIpc) is 3.25. The van der Waals surface area contributed by atoms with Crippen LogP contribution in [0.5, 0.6) is 0 Å². The highest BCUT2D eigenvalue weighted by Gasteiger charge is 2.21. The summed E-state index contributed by atoms with van der Waals surface area (Å²) in [5.74, 6) is 0.398. The number of hydrogen-bond acceptors (Lipinski definition) is 6. The van der Waals surface area contributed by atoms with Crippen LogP contribution in [-0.4, -0.2) is 47.4 Å². The molecule has 0 saturated carbocycles. The van der Waals surface area contributed by atoms with Gasteiger partial charge in [-0.25, -0.2) is 13.4 Å². The molecule has 5 rings (SSSR count). The third kappa shape index (κ3) is 3.91. The van der Waals surface area contributed by atoms with E-state index >= 15 is 0 Å². The van der Waals surface area contributed by atoms with Gasteiger partial charge in [-0.2, -0.15) is 0 Å². The molecule has 9 heteroatoms. The normalized spacial score (nSPS) is 15.8. The largest absolute Gasteiger partial charge is 0.369 e. The van der Waals surface area contributed by atoms with Crippen LogP contribution >= 0.6 is 0 Å². The molecule has 0 unspecified atom stereocenters. The van der Waals surface area contributed by atoms with Crippen molar-refractivity contribution >= 4 is 32.5 Å². The molecule has 31 heavy (non-hydrogen) atoms. The molecule has 0 radical (unpaired) electrons. The van der Waals surface area contributed by atoms with Crippen molar-refractivity contribution in [1.29, 1.82) is 0 Å². The molecule has 0 spiro atoms. The molecule has 1 aliphatic heterocycles. The van der Waals surface area contributed by atoms with Crippen LogP contribution in [0, 0.1) is 0 Å². The number of anilines is 3. The molecule has 1 saturated heterocycles. The van der Waals surface area contributed by atoms with Crippen molar-refractivity contribution in [3.05, 3.63) is 77.5 Å². The first-order valence-corrected chi connectivity index (χ1v) is 11.8. The van der Waals surface area contributed by atoms with Crippen LogP contribution in [0.15, 0.2) is 71.9 Å². The van der Waals surface area contributed by atoms with Crippen LogP contribution in [0.25, 0.3) is 16.9 Å². The minimum Gasteiger partial charge on any atom is -0.369 e. The van der Waals surface area contributed by atoms with Gasteiger partial charge in [0.15, 0.2) is 15.5 Å². The fraction of sp³-hybridized carbons (Fsp3) is 0.182. The SMILES string of the molecule is O=c1cc(-c2ccc(Nc3ccc(N4CCS(=O)(=O)CC4)cc3)c3nccn23)cc[nH]1. The van der Waals surface area contributed by atoms with Crippen molar-refractivity contribution in [2.75, 3.05) is 34.8 Å². The van der Waals surface area contributed by atoms with E-state index in [2.05, 4.69) is 20.2 Å². The van der Waals surface area contributed by atoms with E-state index in [9.17, 15) is 13.2 Å². The van der Waals surface area contributed by atoms with Crippen LogP contribution in [0.4, 0.5) is 17.1 Å². The van der Waals surface area contributed by atoms with Crippen LogP contribution < -0.4 is 15.8 Å². The molecule has 0 atom stereocenters. The van der Waals surface area contributed by atoms with Crippen molar-refractivity contribution in [3.63, 3.8) is 0 Å². The second-order valence-corrected chi connectivity index (χ2v) is 9.81. The minimum atomic E-state index is -2.90. The highest BCUT2D eigenvalue weighted by molar-refractivity contribution is 7.91. The zero-order valence-electron chi connectivity index (χ0n) is 16.7. The Morgan fingerprint density at radius 1 is 1.00 bits per heavy atom. The maximum atomic E-state index is 11.7. The molecule has 0 amide bonds. The van der Waals surface area contributed by atoms with Gasteiger partial charge in [0.1, 0.15) is 0 Å². The predicted octanol–water partition coefficient (Wildman–Crippen LogP) is 2.67. The second-order valence-electron chi connectivity index (χ2n) is 7.51. The zero-order valence-corrected chi connectivity index (χ0v) is 17.5. The number of hydrogen-bond donors (Lipinski definition) is 2. The Morgan fingerprint density at radius 2 is 1.77 bits per heavy atom. The monoisotopic (exact) mass is 435 g/mol. The lowest BCUT2D eigenvalue weighted by atomic mass is 10.1. The van der Waals surface area contributed by atoms with Gasteiger partial charge < -0.3 is 15.2 Å². The predicted molar refractivity (Wildman–Crippen MR) is 122 cm³/mol. The maximum Gasteiger partial charge on any atom is 0.248 e. The van der Waals surface area contributed by atoms with Crippen LogP contribution in [0.3, 0.4) is 0 Å². The molecule has 8 nitrogen and oxygen atoms in total. The number of nitrogens with zero attached hydrogens (tertiary/aromatic N) is 3. The molecular weight excluding hydrogens is 414 g/mol. The van der Waals surface area contributed by atoms with Crippen molar-refractivity contribution in [1.82, 2.24) is 14.4 Å². The van der Waals surface area contributed by atoms with Gasteiger partial charge >= 0.3 is 0 Å². The van der Waals surface area contributed by atoms with Gasteiger partial charge in [-0.05, 0) is 42.5 Å².